The van der Waals surface area contributed by atoms with Crippen molar-refractivity contribution in [3.8, 4) is 23.3 Å². The van der Waals surface area contributed by atoms with Crippen molar-refractivity contribution in [3.63, 3.8) is 0 Å². The van der Waals surface area contributed by atoms with Gasteiger partial charge in [-0.2, -0.15) is 0 Å². The summed E-state index contributed by atoms with van der Waals surface area (Å²) < 4.78 is 25.2. The zero-order chi connectivity index (χ0) is 19.9. The van der Waals surface area contributed by atoms with Crippen LogP contribution in [-0.4, -0.2) is 35.4 Å². The molecule has 0 bridgehead atoms. The highest BCUT2D eigenvalue weighted by Crippen LogP contribution is 2.29. The van der Waals surface area contributed by atoms with Gasteiger partial charge < -0.3 is 19.9 Å². The lowest BCUT2D eigenvalue weighted by molar-refractivity contribution is 0.183. The minimum absolute atomic E-state index is 0.0931. The summed E-state index contributed by atoms with van der Waals surface area (Å²) in [4.78, 5) is 14.7. The summed E-state index contributed by atoms with van der Waals surface area (Å²) in [6, 6.07) is 7.45. The fourth-order valence-electron chi connectivity index (χ4n) is 2.33. The molecule has 1 saturated carbocycles. The van der Waals surface area contributed by atoms with Crippen LogP contribution in [0.3, 0.4) is 0 Å². The summed E-state index contributed by atoms with van der Waals surface area (Å²) in [5.74, 6) is 6.74. The molecule has 0 spiro atoms. The number of carboxylic acid groups (broad SMARTS) is 1. The van der Waals surface area contributed by atoms with E-state index in [9.17, 15) is 9.18 Å². The molecule has 0 saturated heterocycles. The lowest BCUT2D eigenvalue weighted by Gasteiger charge is -2.13. The van der Waals surface area contributed by atoms with Gasteiger partial charge in [-0.1, -0.05) is 5.92 Å². The van der Waals surface area contributed by atoms with Crippen LogP contribution in [0.25, 0.3) is 0 Å². The van der Waals surface area contributed by atoms with Crippen LogP contribution in [-0.2, 0) is 0 Å². The van der Waals surface area contributed by atoms with Gasteiger partial charge in [0.05, 0.1) is 24.4 Å². The molecule has 7 heteroatoms. The Hall–Kier alpha value is -3.27. The monoisotopic (exact) mass is 384 g/mol. The highest BCUT2D eigenvalue weighted by atomic mass is 19.1. The smallest absolute Gasteiger partial charge is 0.404 e. The van der Waals surface area contributed by atoms with Gasteiger partial charge in [0.25, 0.3) is 0 Å². The van der Waals surface area contributed by atoms with Gasteiger partial charge in [-0.3, -0.25) is 0 Å². The number of benzene rings is 1. The van der Waals surface area contributed by atoms with E-state index >= 15 is 0 Å². The number of halogens is 1. The Morgan fingerprint density at radius 3 is 2.71 bits per heavy atom. The molecule has 1 fully saturated rings. The SMILES string of the molecule is C[C@@H](COc1ccc(C#Cc2ccc(OCC3CC3)cn2)c(F)c1)NC(=O)O. The number of hydrogen-bond donors (Lipinski definition) is 2. The van der Waals surface area contributed by atoms with E-state index in [1.165, 1.54) is 25.0 Å². The third-order valence-electron chi connectivity index (χ3n) is 4.05. The average molecular weight is 384 g/mol. The molecule has 6 nitrogen and oxygen atoms in total. The van der Waals surface area contributed by atoms with Crippen LogP contribution in [0.2, 0.25) is 0 Å². The van der Waals surface area contributed by atoms with Gasteiger partial charge in [-0.25, -0.2) is 14.2 Å². The van der Waals surface area contributed by atoms with Gasteiger partial charge in [0.2, 0.25) is 0 Å². The van der Waals surface area contributed by atoms with Crippen molar-refractivity contribution >= 4 is 6.09 Å². The predicted molar refractivity (Wildman–Crippen MR) is 101 cm³/mol. The quantitative estimate of drug-likeness (QED) is 0.715. The average Bonchev–Trinajstić information content (AvgIpc) is 3.49. The molecule has 1 heterocycles. The first-order valence-electron chi connectivity index (χ1n) is 9.02. The van der Waals surface area contributed by atoms with Crippen molar-refractivity contribution in [3.05, 3.63) is 53.6 Å². The molecule has 1 aliphatic carbocycles. The standard InChI is InChI=1S/C21H21FN2O4/c1-14(24-21(25)26)12-27-18-8-5-16(20(22)10-18)4-6-17-7-9-19(11-23-17)28-13-15-2-3-15/h5,7-11,14-15,24H,2-3,12-13H2,1H3,(H,25,26)/t14-/m0/s1. The number of pyridine rings is 1. The van der Waals surface area contributed by atoms with Crippen molar-refractivity contribution in [2.24, 2.45) is 5.92 Å². The first-order chi connectivity index (χ1) is 13.5. The number of hydrogen-bond acceptors (Lipinski definition) is 4. The molecule has 28 heavy (non-hydrogen) atoms. The number of ether oxygens (including phenoxy) is 2. The number of nitrogens with one attached hydrogen (secondary N) is 1. The Balaban J connectivity index is 1.56. The van der Waals surface area contributed by atoms with Crippen molar-refractivity contribution < 1.29 is 23.8 Å². The third kappa shape index (κ3) is 6.16. The molecular weight excluding hydrogens is 363 g/mol. The van der Waals surface area contributed by atoms with Crippen LogP contribution in [0.5, 0.6) is 11.5 Å². The fourth-order valence-corrected chi connectivity index (χ4v) is 2.33. The highest BCUT2D eigenvalue weighted by molar-refractivity contribution is 5.64. The van der Waals surface area contributed by atoms with Crippen LogP contribution in [0.1, 0.15) is 31.0 Å². The Morgan fingerprint density at radius 2 is 2.07 bits per heavy atom. The molecule has 1 aromatic heterocycles. The normalized spacial score (nSPS) is 13.8. The second kappa shape index (κ2) is 9.09. The first kappa shape index (κ1) is 19.5. The Morgan fingerprint density at radius 1 is 1.29 bits per heavy atom. The van der Waals surface area contributed by atoms with Crippen LogP contribution >= 0.6 is 0 Å². The summed E-state index contributed by atoms with van der Waals surface area (Å²) in [6.07, 6.45) is 2.94. The third-order valence-corrected chi connectivity index (χ3v) is 4.05. The molecule has 2 N–H and O–H groups in total. The minimum atomic E-state index is -1.14. The van der Waals surface area contributed by atoms with Crippen LogP contribution < -0.4 is 14.8 Å². The fraction of sp³-hybridized carbons (Fsp3) is 0.333. The van der Waals surface area contributed by atoms with Crippen LogP contribution in [0.4, 0.5) is 9.18 Å². The number of aromatic nitrogens is 1. The van der Waals surface area contributed by atoms with Crippen molar-refractivity contribution in [1.82, 2.24) is 10.3 Å². The second-order valence-electron chi connectivity index (χ2n) is 6.69. The van der Waals surface area contributed by atoms with Crippen molar-refractivity contribution in [1.29, 1.82) is 0 Å². The van der Waals surface area contributed by atoms with Gasteiger partial charge in [0, 0.05) is 6.07 Å². The summed E-state index contributed by atoms with van der Waals surface area (Å²) in [5, 5.41) is 10.9. The number of rotatable bonds is 7. The van der Waals surface area contributed by atoms with Crippen LogP contribution in [0, 0.1) is 23.6 Å². The molecule has 1 aliphatic rings. The molecule has 1 atom stereocenters. The molecule has 1 amide bonds. The molecular formula is C21H21FN2O4. The van der Waals surface area contributed by atoms with E-state index in [4.69, 9.17) is 14.6 Å². The maximum atomic E-state index is 14.2. The summed E-state index contributed by atoms with van der Waals surface area (Å²) >= 11 is 0. The Labute approximate surface area is 162 Å². The van der Waals surface area contributed by atoms with Gasteiger partial charge in [0.15, 0.2) is 0 Å². The van der Waals surface area contributed by atoms with Gasteiger partial charge in [-0.05, 0) is 55.9 Å². The molecule has 3 rings (SSSR count). The summed E-state index contributed by atoms with van der Waals surface area (Å²) in [6.45, 7) is 2.47. The summed E-state index contributed by atoms with van der Waals surface area (Å²) in [7, 11) is 0. The molecule has 0 radical (unpaired) electrons. The largest absolute Gasteiger partial charge is 0.492 e. The van der Waals surface area contributed by atoms with E-state index in [-0.39, 0.29) is 12.2 Å². The molecule has 1 aromatic carbocycles. The maximum absolute atomic E-state index is 14.2. The molecule has 146 valence electrons. The van der Waals surface area contributed by atoms with Crippen molar-refractivity contribution in [2.45, 2.75) is 25.8 Å². The molecule has 0 unspecified atom stereocenters. The first-order valence-corrected chi connectivity index (χ1v) is 9.02. The van der Waals surface area contributed by atoms with E-state index in [2.05, 4.69) is 22.1 Å². The highest BCUT2D eigenvalue weighted by Gasteiger charge is 2.21. The number of nitrogens with zero attached hydrogens (tertiary/aromatic N) is 1. The van der Waals surface area contributed by atoms with E-state index in [1.807, 2.05) is 0 Å². The second-order valence-corrected chi connectivity index (χ2v) is 6.69. The van der Waals surface area contributed by atoms with Gasteiger partial charge in [-0.15, -0.1) is 0 Å². The molecule has 2 aromatic rings. The van der Waals surface area contributed by atoms with Gasteiger partial charge in [0.1, 0.15) is 29.6 Å². The number of carbonyl (C=O) groups is 1. The van der Waals surface area contributed by atoms with E-state index in [1.54, 1.807) is 31.3 Å². The zero-order valence-electron chi connectivity index (χ0n) is 15.4. The van der Waals surface area contributed by atoms with Gasteiger partial charge >= 0.3 is 6.09 Å². The summed E-state index contributed by atoms with van der Waals surface area (Å²) in [5.41, 5.74) is 0.743. The predicted octanol–water partition coefficient (Wildman–Crippen LogP) is 3.44. The number of amides is 1. The van der Waals surface area contributed by atoms with Crippen LogP contribution in [0.15, 0.2) is 36.5 Å². The maximum Gasteiger partial charge on any atom is 0.404 e. The zero-order valence-corrected chi connectivity index (χ0v) is 15.4. The minimum Gasteiger partial charge on any atom is -0.492 e. The van der Waals surface area contributed by atoms with E-state index < -0.39 is 18.0 Å². The topological polar surface area (TPSA) is 80.7 Å². The van der Waals surface area contributed by atoms with E-state index in [0.29, 0.717) is 23.1 Å². The van der Waals surface area contributed by atoms with Crippen molar-refractivity contribution in [2.75, 3.05) is 13.2 Å². The lowest BCUT2D eigenvalue weighted by atomic mass is 10.2. The van der Waals surface area contributed by atoms with E-state index in [0.717, 1.165) is 6.61 Å². The molecule has 0 aliphatic heterocycles. The lowest BCUT2D eigenvalue weighted by Crippen LogP contribution is -2.35. The Kier molecular flexibility index (Phi) is 6.33. The Bertz CT molecular complexity index is 886.